The van der Waals surface area contributed by atoms with E-state index in [1.54, 1.807) is 19.2 Å². The molecule has 0 aromatic heterocycles. The maximum atomic E-state index is 13.6. The minimum atomic E-state index is -0.235. The van der Waals surface area contributed by atoms with Gasteiger partial charge in [-0.1, -0.05) is 24.6 Å². The van der Waals surface area contributed by atoms with Crippen LogP contribution in [0.5, 0.6) is 11.5 Å². The molecule has 1 saturated heterocycles. The predicted molar refractivity (Wildman–Crippen MR) is 131 cm³/mol. The van der Waals surface area contributed by atoms with Crippen LogP contribution >= 0.6 is 0 Å². The van der Waals surface area contributed by atoms with E-state index in [-0.39, 0.29) is 11.9 Å². The van der Waals surface area contributed by atoms with Crippen molar-refractivity contribution in [3.8, 4) is 11.5 Å². The SMILES string of the molecule is COc1ccc(OC)c([C@@H]2CC(c3cc(C)ccc3C)=NN2C(=O)CN2CCC(C)CC2)c1. The summed E-state index contributed by atoms with van der Waals surface area (Å²) in [6.45, 7) is 8.77. The van der Waals surface area contributed by atoms with Crippen molar-refractivity contribution in [3.63, 3.8) is 0 Å². The van der Waals surface area contributed by atoms with Crippen LogP contribution in [0.4, 0.5) is 0 Å². The molecule has 6 nitrogen and oxygen atoms in total. The summed E-state index contributed by atoms with van der Waals surface area (Å²) in [5, 5.41) is 6.59. The van der Waals surface area contributed by atoms with Gasteiger partial charge in [-0.05, 0) is 75.5 Å². The van der Waals surface area contributed by atoms with Crippen molar-refractivity contribution in [1.29, 1.82) is 0 Å². The van der Waals surface area contributed by atoms with Crippen LogP contribution in [0, 0.1) is 19.8 Å². The van der Waals surface area contributed by atoms with Gasteiger partial charge in [0.1, 0.15) is 11.5 Å². The summed E-state index contributed by atoms with van der Waals surface area (Å²) in [6.07, 6.45) is 2.91. The van der Waals surface area contributed by atoms with E-state index in [4.69, 9.17) is 14.6 Å². The van der Waals surface area contributed by atoms with E-state index in [0.29, 0.717) is 13.0 Å². The lowest BCUT2D eigenvalue weighted by Crippen LogP contribution is -2.41. The van der Waals surface area contributed by atoms with Gasteiger partial charge in [0.25, 0.3) is 5.91 Å². The largest absolute Gasteiger partial charge is 0.497 e. The predicted octanol–water partition coefficient (Wildman–Crippen LogP) is 4.73. The number of carbonyl (C=O) groups excluding carboxylic acids is 1. The van der Waals surface area contributed by atoms with E-state index in [9.17, 15) is 4.79 Å². The number of hydrazone groups is 1. The van der Waals surface area contributed by atoms with Gasteiger partial charge >= 0.3 is 0 Å². The van der Waals surface area contributed by atoms with Gasteiger partial charge in [-0.2, -0.15) is 5.10 Å². The lowest BCUT2D eigenvalue weighted by molar-refractivity contribution is -0.134. The first kappa shape index (κ1) is 23.3. The molecule has 0 N–H and O–H groups in total. The van der Waals surface area contributed by atoms with Gasteiger partial charge in [-0.3, -0.25) is 9.69 Å². The summed E-state index contributed by atoms with van der Waals surface area (Å²) in [6, 6.07) is 11.9. The Hall–Kier alpha value is -2.86. The van der Waals surface area contributed by atoms with Crippen LogP contribution in [-0.4, -0.2) is 55.4 Å². The van der Waals surface area contributed by atoms with Crippen LogP contribution in [0.3, 0.4) is 0 Å². The molecule has 2 aromatic carbocycles. The summed E-state index contributed by atoms with van der Waals surface area (Å²) < 4.78 is 11.2. The molecule has 1 atom stereocenters. The van der Waals surface area contributed by atoms with Gasteiger partial charge in [0, 0.05) is 17.5 Å². The highest BCUT2D eigenvalue weighted by Crippen LogP contribution is 2.40. The number of nitrogens with zero attached hydrogens (tertiary/aromatic N) is 3. The fraction of sp³-hybridized carbons (Fsp3) is 0.481. The fourth-order valence-corrected chi connectivity index (χ4v) is 4.78. The molecule has 0 unspecified atom stereocenters. The molecule has 1 amide bonds. The van der Waals surface area contributed by atoms with E-state index in [1.807, 2.05) is 18.2 Å². The molecule has 0 radical (unpaired) electrons. The number of amides is 1. The van der Waals surface area contributed by atoms with Crippen LogP contribution in [-0.2, 0) is 4.79 Å². The number of benzene rings is 2. The van der Waals surface area contributed by atoms with Crippen molar-refractivity contribution >= 4 is 11.6 Å². The zero-order valence-electron chi connectivity index (χ0n) is 20.4. The Bertz CT molecular complexity index is 1040. The standard InChI is InChI=1S/C27H35N3O3/c1-18-10-12-29(13-11-18)17-27(31)30-25(23-15-21(32-4)8-9-26(23)33-5)16-24(28-30)22-14-19(2)6-7-20(22)3/h6-9,14-15,18,25H,10-13,16-17H2,1-5H3/t25-/m0/s1. The normalized spacial score (nSPS) is 19.5. The Morgan fingerprint density at radius 3 is 2.52 bits per heavy atom. The Morgan fingerprint density at radius 2 is 1.82 bits per heavy atom. The Labute approximate surface area is 197 Å². The molecule has 176 valence electrons. The topological polar surface area (TPSA) is 54.4 Å². The molecule has 0 aliphatic carbocycles. The van der Waals surface area contributed by atoms with Crippen molar-refractivity contribution in [2.24, 2.45) is 11.0 Å². The van der Waals surface area contributed by atoms with E-state index < -0.39 is 0 Å². The van der Waals surface area contributed by atoms with Crippen LogP contribution in [0.15, 0.2) is 41.5 Å². The van der Waals surface area contributed by atoms with Crippen molar-refractivity contribution in [2.75, 3.05) is 33.9 Å². The minimum Gasteiger partial charge on any atom is -0.497 e. The maximum Gasteiger partial charge on any atom is 0.257 e. The van der Waals surface area contributed by atoms with Crippen molar-refractivity contribution < 1.29 is 14.3 Å². The molecule has 0 saturated carbocycles. The molecule has 0 bridgehead atoms. The number of aryl methyl sites for hydroxylation is 2. The zero-order valence-corrected chi connectivity index (χ0v) is 20.4. The van der Waals surface area contributed by atoms with Gasteiger partial charge in [-0.25, -0.2) is 5.01 Å². The summed E-state index contributed by atoms with van der Waals surface area (Å²) in [5.74, 6) is 2.23. The van der Waals surface area contributed by atoms with Gasteiger partial charge in [-0.15, -0.1) is 0 Å². The third kappa shape index (κ3) is 5.06. The molecule has 2 heterocycles. The number of methoxy groups -OCH3 is 2. The van der Waals surface area contributed by atoms with Crippen molar-refractivity contribution in [3.05, 3.63) is 58.7 Å². The van der Waals surface area contributed by atoms with Crippen molar-refractivity contribution in [1.82, 2.24) is 9.91 Å². The average molecular weight is 450 g/mol. The molecule has 4 rings (SSSR count). The van der Waals surface area contributed by atoms with Gasteiger partial charge in [0.05, 0.1) is 32.5 Å². The third-order valence-electron chi connectivity index (χ3n) is 6.90. The minimum absolute atomic E-state index is 0.0275. The summed E-state index contributed by atoms with van der Waals surface area (Å²) >= 11 is 0. The van der Waals surface area contributed by atoms with E-state index in [0.717, 1.165) is 65.8 Å². The van der Waals surface area contributed by atoms with Crippen LogP contribution in [0.25, 0.3) is 0 Å². The molecule has 2 aliphatic rings. The molecule has 33 heavy (non-hydrogen) atoms. The molecule has 6 heteroatoms. The van der Waals surface area contributed by atoms with Gasteiger partial charge < -0.3 is 9.47 Å². The lowest BCUT2D eigenvalue weighted by Gasteiger charge is -2.31. The lowest BCUT2D eigenvalue weighted by atomic mass is 9.94. The Morgan fingerprint density at radius 1 is 1.06 bits per heavy atom. The zero-order chi connectivity index (χ0) is 23.5. The Balaban J connectivity index is 1.69. The first-order chi connectivity index (χ1) is 15.9. The third-order valence-corrected chi connectivity index (χ3v) is 6.90. The van der Waals surface area contributed by atoms with Crippen LogP contribution in [0.1, 0.15) is 54.5 Å². The summed E-state index contributed by atoms with van der Waals surface area (Å²) in [5.41, 5.74) is 5.30. The molecule has 1 fully saturated rings. The number of carbonyl (C=O) groups is 1. The van der Waals surface area contributed by atoms with E-state index in [1.165, 1.54) is 5.56 Å². The first-order valence-corrected chi connectivity index (χ1v) is 11.8. The molecular weight excluding hydrogens is 414 g/mol. The number of ether oxygens (including phenoxy) is 2. The number of hydrogen-bond donors (Lipinski definition) is 0. The van der Waals surface area contributed by atoms with Crippen LogP contribution < -0.4 is 9.47 Å². The maximum absolute atomic E-state index is 13.6. The number of rotatable bonds is 6. The van der Waals surface area contributed by atoms with E-state index in [2.05, 4.69) is 43.9 Å². The molecular formula is C27H35N3O3. The second-order valence-electron chi connectivity index (χ2n) is 9.39. The van der Waals surface area contributed by atoms with Gasteiger partial charge in [0.2, 0.25) is 0 Å². The number of piperidine rings is 1. The first-order valence-electron chi connectivity index (χ1n) is 11.8. The number of hydrogen-bond acceptors (Lipinski definition) is 5. The summed E-state index contributed by atoms with van der Waals surface area (Å²) in [7, 11) is 3.31. The monoisotopic (exact) mass is 449 g/mol. The molecule has 2 aromatic rings. The highest BCUT2D eigenvalue weighted by atomic mass is 16.5. The van der Waals surface area contributed by atoms with Gasteiger partial charge in [0.15, 0.2) is 0 Å². The van der Waals surface area contributed by atoms with E-state index >= 15 is 0 Å². The smallest absolute Gasteiger partial charge is 0.257 e. The second kappa shape index (κ2) is 9.96. The quantitative estimate of drug-likeness (QED) is 0.640. The van der Waals surface area contributed by atoms with Crippen molar-refractivity contribution in [2.45, 2.75) is 46.1 Å². The van der Waals surface area contributed by atoms with Crippen LogP contribution in [0.2, 0.25) is 0 Å². The molecule has 0 spiro atoms. The Kier molecular flexibility index (Phi) is 7.03. The summed E-state index contributed by atoms with van der Waals surface area (Å²) in [4.78, 5) is 15.8. The highest BCUT2D eigenvalue weighted by molar-refractivity contribution is 6.04. The molecule has 2 aliphatic heterocycles. The fourth-order valence-electron chi connectivity index (χ4n) is 4.78. The second-order valence-corrected chi connectivity index (χ2v) is 9.39. The highest BCUT2D eigenvalue weighted by Gasteiger charge is 2.36. The number of likely N-dealkylation sites (tertiary alicyclic amines) is 1. The average Bonchev–Trinajstić information content (AvgIpc) is 3.27.